The topological polar surface area (TPSA) is 75.7 Å². The summed E-state index contributed by atoms with van der Waals surface area (Å²) >= 11 is 6.45. The van der Waals surface area contributed by atoms with Gasteiger partial charge in [0.15, 0.2) is 10.1 Å². The van der Waals surface area contributed by atoms with Crippen molar-refractivity contribution in [3.05, 3.63) is 88.5 Å². The largest absolute Gasteiger partial charge is 0.497 e. The van der Waals surface area contributed by atoms with Crippen LogP contribution in [-0.2, 0) is 14.4 Å². The summed E-state index contributed by atoms with van der Waals surface area (Å²) in [5.74, 6) is -0.872. The molecule has 33 heavy (non-hydrogen) atoms. The molecule has 8 heteroatoms. The molecule has 0 aromatic heterocycles. The summed E-state index contributed by atoms with van der Waals surface area (Å²) in [5.41, 5.74) is 2.19. The summed E-state index contributed by atoms with van der Waals surface area (Å²) in [5, 5.41) is 2.65. The van der Waals surface area contributed by atoms with E-state index in [4.69, 9.17) is 17.0 Å². The predicted octanol–water partition coefficient (Wildman–Crippen LogP) is 4.95. The molecule has 1 aliphatic heterocycles. The zero-order valence-electron chi connectivity index (χ0n) is 18.3. The van der Waals surface area contributed by atoms with Gasteiger partial charge >= 0.3 is 0 Å². The van der Waals surface area contributed by atoms with E-state index in [0.29, 0.717) is 16.3 Å². The molecule has 1 aliphatic rings. The van der Waals surface area contributed by atoms with Crippen LogP contribution in [0.4, 0.5) is 5.69 Å². The van der Waals surface area contributed by atoms with Crippen molar-refractivity contribution >= 4 is 57.7 Å². The zero-order valence-corrected chi connectivity index (χ0v) is 20.0. The van der Waals surface area contributed by atoms with Crippen molar-refractivity contribution in [2.75, 3.05) is 12.4 Å². The first-order valence-corrected chi connectivity index (χ1v) is 11.2. The van der Waals surface area contributed by atoms with Gasteiger partial charge in [0.1, 0.15) is 5.75 Å². The number of rotatable bonds is 7. The number of allylic oxidation sites excluding steroid dienone is 2. The van der Waals surface area contributed by atoms with Crippen LogP contribution >= 0.6 is 24.0 Å². The second kappa shape index (κ2) is 10.9. The fourth-order valence-corrected chi connectivity index (χ4v) is 4.22. The lowest BCUT2D eigenvalue weighted by Gasteiger charge is -2.12. The van der Waals surface area contributed by atoms with E-state index in [1.807, 2.05) is 43.3 Å². The average Bonchev–Trinajstić information content (AvgIpc) is 3.05. The molecule has 0 atom stereocenters. The van der Waals surface area contributed by atoms with E-state index >= 15 is 0 Å². The number of benzene rings is 2. The normalized spacial score (nSPS) is 15.7. The molecule has 0 bridgehead atoms. The molecular formula is C25H22N2O4S2. The number of carbonyl (C=O) groups is 3. The minimum atomic E-state index is -0.633. The Hall–Kier alpha value is -3.49. The fraction of sp³-hybridized carbons (Fsp3) is 0.120. The third-order valence-electron chi connectivity index (χ3n) is 4.61. The fourth-order valence-electron chi connectivity index (χ4n) is 2.96. The quantitative estimate of drug-likeness (QED) is 0.263. The second-order valence-corrected chi connectivity index (χ2v) is 8.81. The molecule has 3 rings (SSSR count). The Labute approximate surface area is 202 Å². The summed E-state index contributed by atoms with van der Waals surface area (Å²) < 4.78 is 5.34. The van der Waals surface area contributed by atoms with E-state index in [1.165, 1.54) is 13.1 Å². The first-order valence-electron chi connectivity index (χ1n) is 9.97. The Balaban J connectivity index is 1.80. The first kappa shape index (κ1) is 24.2. The number of methoxy groups -OCH3 is 1. The number of nitrogens with zero attached hydrogens (tertiary/aromatic N) is 1. The Morgan fingerprint density at radius 2 is 1.73 bits per heavy atom. The van der Waals surface area contributed by atoms with Gasteiger partial charge in [0.2, 0.25) is 0 Å². The molecule has 2 aromatic rings. The molecule has 6 nitrogen and oxygen atoms in total. The number of carbonyl (C=O) groups excluding carboxylic acids is 3. The Kier molecular flexibility index (Phi) is 7.97. The van der Waals surface area contributed by atoms with Crippen LogP contribution in [0.2, 0.25) is 0 Å². The number of Topliss-reactive ketones (excluding diaryl/α,β-unsaturated/α-hetero) is 1. The van der Waals surface area contributed by atoms with E-state index in [0.717, 1.165) is 27.8 Å². The van der Waals surface area contributed by atoms with Gasteiger partial charge in [-0.15, -0.1) is 0 Å². The van der Waals surface area contributed by atoms with Gasteiger partial charge in [-0.1, -0.05) is 60.4 Å². The highest BCUT2D eigenvalue weighted by Crippen LogP contribution is 2.33. The molecule has 2 amide bonds. The van der Waals surface area contributed by atoms with Crippen LogP contribution in [0.3, 0.4) is 0 Å². The van der Waals surface area contributed by atoms with Gasteiger partial charge in [-0.3, -0.25) is 19.3 Å². The van der Waals surface area contributed by atoms with Gasteiger partial charge in [-0.2, -0.15) is 0 Å². The molecule has 1 N–H and O–H groups in total. The van der Waals surface area contributed by atoms with Crippen molar-refractivity contribution in [1.29, 1.82) is 0 Å². The summed E-state index contributed by atoms with van der Waals surface area (Å²) in [7, 11) is 1.54. The summed E-state index contributed by atoms with van der Waals surface area (Å²) in [6, 6.07) is 16.4. The SMILES string of the molecule is COc1ccc(NC(=O)/C(=C/N2C(=O)/C(=C/C(C)=C\c3ccccc3)SC2=S)C(C)=O)cc1. The number of amides is 2. The maximum Gasteiger partial charge on any atom is 0.270 e. The number of nitrogens with one attached hydrogen (secondary N) is 1. The number of thioether (sulfide) groups is 1. The molecule has 168 valence electrons. The highest BCUT2D eigenvalue weighted by atomic mass is 32.2. The molecule has 2 aromatic carbocycles. The van der Waals surface area contributed by atoms with Gasteiger partial charge < -0.3 is 10.1 Å². The van der Waals surface area contributed by atoms with Crippen molar-refractivity contribution in [3.63, 3.8) is 0 Å². The van der Waals surface area contributed by atoms with Crippen LogP contribution < -0.4 is 10.1 Å². The lowest BCUT2D eigenvalue weighted by molar-refractivity contribution is -0.120. The molecule has 0 spiro atoms. The highest BCUT2D eigenvalue weighted by Gasteiger charge is 2.32. The Bertz CT molecular complexity index is 1180. The third kappa shape index (κ3) is 6.27. The monoisotopic (exact) mass is 478 g/mol. The van der Waals surface area contributed by atoms with Crippen molar-refractivity contribution in [3.8, 4) is 5.75 Å². The van der Waals surface area contributed by atoms with E-state index in [9.17, 15) is 14.4 Å². The van der Waals surface area contributed by atoms with E-state index in [1.54, 1.807) is 37.5 Å². The molecule has 1 fully saturated rings. The number of anilines is 1. The van der Waals surface area contributed by atoms with Crippen molar-refractivity contribution in [1.82, 2.24) is 4.90 Å². The Morgan fingerprint density at radius 1 is 1.06 bits per heavy atom. The molecule has 0 saturated carbocycles. The number of ether oxygens (including phenoxy) is 1. The van der Waals surface area contributed by atoms with Gasteiger partial charge in [0, 0.05) is 11.9 Å². The maximum atomic E-state index is 12.9. The number of ketones is 1. The second-order valence-electron chi connectivity index (χ2n) is 7.13. The van der Waals surface area contributed by atoms with Crippen LogP contribution in [0.25, 0.3) is 6.08 Å². The van der Waals surface area contributed by atoms with Crippen LogP contribution in [-0.4, -0.2) is 33.9 Å². The summed E-state index contributed by atoms with van der Waals surface area (Å²) in [6.07, 6.45) is 4.90. The van der Waals surface area contributed by atoms with E-state index < -0.39 is 11.7 Å². The van der Waals surface area contributed by atoms with Gasteiger partial charge in [-0.05, 0) is 55.3 Å². The molecule has 0 unspecified atom stereocenters. The summed E-state index contributed by atoms with van der Waals surface area (Å²) in [6.45, 7) is 3.15. The number of hydrogen-bond acceptors (Lipinski definition) is 6. The smallest absolute Gasteiger partial charge is 0.270 e. The zero-order chi connectivity index (χ0) is 24.0. The van der Waals surface area contributed by atoms with Crippen LogP contribution in [0.15, 0.2) is 82.9 Å². The van der Waals surface area contributed by atoms with E-state index in [2.05, 4.69) is 5.32 Å². The van der Waals surface area contributed by atoms with Crippen molar-refractivity contribution < 1.29 is 19.1 Å². The number of thiocarbonyl (C=S) groups is 1. The van der Waals surface area contributed by atoms with Crippen molar-refractivity contribution in [2.24, 2.45) is 0 Å². The van der Waals surface area contributed by atoms with E-state index in [-0.39, 0.29) is 15.8 Å². The molecule has 0 radical (unpaired) electrons. The van der Waals surface area contributed by atoms with Gasteiger partial charge in [-0.25, -0.2) is 0 Å². The van der Waals surface area contributed by atoms with Crippen LogP contribution in [0, 0.1) is 0 Å². The molecular weight excluding hydrogens is 456 g/mol. The molecule has 1 saturated heterocycles. The first-order chi connectivity index (χ1) is 15.8. The molecule has 0 aliphatic carbocycles. The maximum absolute atomic E-state index is 12.9. The van der Waals surface area contributed by atoms with Gasteiger partial charge in [0.25, 0.3) is 11.8 Å². The van der Waals surface area contributed by atoms with Gasteiger partial charge in [0.05, 0.1) is 17.6 Å². The van der Waals surface area contributed by atoms with Crippen LogP contribution in [0.1, 0.15) is 19.4 Å². The average molecular weight is 479 g/mol. The molecule has 1 heterocycles. The minimum absolute atomic E-state index is 0.181. The van der Waals surface area contributed by atoms with Crippen LogP contribution in [0.5, 0.6) is 5.75 Å². The standard InChI is InChI=1S/C25H22N2O4S2/c1-16(13-18-7-5-4-6-8-18)14-22-24(30)27(25(32)33-22)15-21(17(2)28)23(29)26-19-9-11-20(31-3)12-10-19/h4-15H,1-3H3,(H,26,29)/b16-13-,21-15+,22-14-. The minimum Gasteiger partial charge on any atom is -0.497 e. The highest BCUT2D eigenvalue weighted by molar-refractivity contribution is 8.26. The van der Waals surface area contributed by atoms with Crippen molar-refractivity contribution in [2.45, 2.75) is 13.8 Å². The predicted molar refractivity (Wildman–Crippen MR) is 136 cm³/mol. The lowest BCUT2D eigenvalue weighted by Crippen LogP contribution is -2.27. The third-order valence-corrected chi connectivity index (χ3v) is 5.94. The Morgan fingerprint density at radius 3 is 2.33 bits per heavy atom. The number of hydrogen-bond donors (Lipinski definition) is 1. The lowest BCUT2D eigenvalue weighted by atomic mass is 10.1. The summed E-state index contributed by atoms with van der Waals surface area (Å²) in [4.78, 5) is 39.4.